The standard InChI is InChI=1S/C14H18N2O4.ClH/c1-19-10-3-4-12(11(7-10)14(18)20-2)16-13(17)9-5-6-15-8-9;/h3-4,7,9,15H,5-6,8H2,1-2H3,(H,16,17);1H. The SMILES string of the molecule is COC(=O)c1cc(OC)ccc1NC(=O)C1CCNC1.Cl. The number of hydrogen-bond donors (Lipinski definition) is 2. The summed E-state index contributed by atoms with van der Waals surface area (Å²) in [6.45, 7) is 1.50. The summed E-state index contributed by atoms with van der Waals surface area (Å²) in [5.74, 6) is -0.136. The number of methoxy groups -OCH3 is 2. The first-order valence-corrected chi connectivity index (χ1v) is 6.43. The minimum Gasteiger partial charge on any atom is -0.497 e. The molecule has 1 unspecified atom stereocenters. The molecule has 1 saturated heterocycles. The van der Waals surface area contributed by atoms with E-state index in [1.54, 1.807) is 18.2 Å². The Morgan fingerprint density at radius 3 is 2.67 bits per heavy atom. The van der Waals surface area contributed by atoms with Gasteiger partial charge >= 0.3 is 5.97 Å². The molecule has 2 rings (SSSR count). The highest BCUT2D eigenvalue weighted by atomic mass is 35.5. The Bertz CT molecular complexity index is 516. The van der Waals surface area contributed by atoms with Crippen LogP contribution in [0.4, 0.5) is 5.69 Å². The van der Waals surface area contributed by atoms with Gasteiger partial charge in [0.1, 0.15) is 5.75 Å². The van der Waals surface area contributed by atoms with Gasteiger partial charge in [0.25, 0.3) is 0 Å². The van der Waals surface area contributed by atoms with Crippen LogP contribution >= 0.6 is 12.4 Å². The first-order chi connectivity index (χ1) is 9.65. The molecule has 2 N–H and O–H groups in total. The molecule has 0 aliphatic carbocycles. The normalized spacial score (nSPS) is 16.8. The summed E-state index contributed by atoms with van der Waals surface area (Å²) in [7, 11) is 2.81. The number of anilines is 1. The van der Waals surface area contributed by atoms with Crippen molar-refractivity contribution in [3.05, 3.63) is 23.8 Å². The fourth-order valence-electron chi connectivity index (χ4n) is 2.15. The predicted octanol–water partition coefficient (Wildman–Crippen LogP) is 1.45. The van der Waals surface area contributed by atoms with E-state index in [0.717, 1.165) is 13.0 Å². The maximum Gasteiger partial charge on any atom is 0.340 e. The average molecular weight is 315 g/mol. The highest BCUT2D eigenvalue weighted by Crippen LogP contribution is 2.24. The van der Waals surface area contributed by atoms with E-state index in [-0.39, 0.29) is 29.8 Å². The van der Waals surface area contributed by atoms with Crippen molar-refractivity contribution in [1.29, 1.82) is 0 Å². The molecule has 1 fully saturated rings. The summed E-state index contributed by atoms with van der Waals surface area (Å²) >= 11 is 0. The monoisotopic (exact) mass is 314 g/mol. The smallest absolute Gasteiger partial charge is 0.340 e. The first-order valence-electron chi connectivity index (χ1n) is 6.43. The summed E-state index contributed by atoms with van der Waals surface area (Å²) in [6, 6.07) is 4.88. The molecular weight excluding hydrogens is 296 g/mol. The van der Waals surface area contributed by atoms with Crippen LogP contribution in [0.2, 0.25) is 0 Å². The molecule has 0 bridgehead atoms. The molecule has 1 aliphatic heterocycles. The number of nitrogens with one attached hydrogen (secondary N) is 2. The van der Waals surface area contributed by atoms with Gasteiger partial charge in [0.05, 0.1) is 31.4 Å². The topological polar surface area (TPSA) is 76.7 Å². The van der Waals surface area contributed by atoms with E-state index in [1.807, 2.05) is 0 Å². The van der Waals surface area contributed by atoms with Crippen LogP contribution in [0.5, 0.6) is 5.75 Å². The Kier molecular flexibility index (Phi) is 6.45. The molecular formula is C14H19ClN2O4. The Hall–Kier alpha value is -1.79. The molecule has 0 aromatic heterocycles. The van der Waals surface area contributed by atoms with Crippen LogP contribution in [0.3, 0.4) is 0 Å². The predicted molar refractivity (Wildman–Crippen MR) is 81.2 cm³/mol. The number of hydrogen-bond acceptors (Lipinski definition) is 5. The van der Waals surface area contributed by atoms with Gasteiger partial charge in [0, 0.05) is 6.54 Å². The van der Waals surface area contributed by atoms with Crippen molar-refractivity contribution in [2.45, 2.75) is 6.42 Å². The highest BCUT2D eigenvalue weighted by Gasteiger charge is 2.24. The minimum atomic E-state index is -0.510. The van der Waals surface area contributed by atoms with Gasteiger partial charge in [0.15, 0.2) is 0 Å². The molecule has 21 heavy (non-hydrogen) atoms. The fourth-order valence-corrected chi connectivity index (χ4v) is 2.15. The van der Waals surface area contributed by atoms with E-state index < -0.39 is 5.97 Å². The third kappa shape index (κ3) is 4.09. The number of carbonyl (C=O) groups excluding carboxylic acids is 2. The Labute approximate surface area is 129 Å². The van der Waals surface area contributed by atoms with Gasteiger partial charge in [-0.3, -0.25) is 4.79 Å². The molecule has 1 amide bonds. The van der Waals surface area contributed by atoms with Gasteiger partial charge in [0.2, 0.25) is 5.91 Å². The average Bonchev–Trinajstić information content (AvgIpc) is 3.01. The molecule has 1 aromatic carbocycles. The molecule has 1 aliphatic rings. The van der Waals surface area contributed by atoms with Gasteiger partial charge in [-0.05, 0) is 31.2 Å². The zero-order valence-electron chi connectivity index (χ0n) is 12.0. The van der Waals surface area contributed by atoms with Gasteiger partial charge in [-0.25, -0.2) is 4.79 Å². The van der Waals surface area contributed by atoms with E-state index in [4.69, 9.17) is 9.47 Å². The lowest BCUT2D eigenvalue weighted by atomic mass is 10.1. The molecule has 7 heteroatoms. The van der Waals surface area contributed by atoms with Crippen molar-refractivity contribution >= 4 is 30.0 Å². The molecule has 1 heterocycles. The van der Waals surface area contributed by atoms with Crippen LogP contribution in [-0.4, -0.2) is 39.2 Å². The Morgan fingerprint density at radius 1 is 1.33 bits per heavy atom. The lowest BCUT2D eigenvalue weighted by Gasteiger charge is -2.13. The van der Waals surface area contributed by atoms with Crippen molar-refractivity contribution in [3.8, 4) is 5.75 Å². The fraction of sp³-hybridized carbons (Fsp3) is 0.429. The first kappa shape index (κ1) is 17.3. The van der Waals surface area contributed by atoms with Crippen LogP contribution in [0.15, 0.2) is 18.2 Å². The van der Waals surface area contributed by atoms with Crippen LogP contribution in [0.25, 0.3) is 0 Å². The molecule has 0 saturated carbocycles. The number of benzene rings is 1. The number of ether oxygens (including phenoxy) is 2. The van der Waals surface area contributed by atoms with Crippen molar-refractivity contribution in [2.24, 2.45) is 5.92 Å². The molecule has 6 nitrogen and oxygen atoms in total. The second kappa shape index (κ2) is 7.85. The largest absolute Gasteiger partial charge is 0.497 e. The van der Waals surface area contributed by atoms with Crippen molar-refractivity contribution in [3.63, 3.8) is 0 Å². The van der Waals surface area contributed by atoms with Crippen LogP contribution in [0.1, 0.15) is 16.8 Å². The maximum absolute atomic E-state index is 12.1. The number of amides is 1. The molecule has 0 spiro atoms. The van der Waals surface area contributed by atoms with E-state index in [2.05, 4.69) is 10.6 Å². The number of halogens is 1. The summed E-state index contributed by atoms with van der Waals surface area (Å²) in [6.07, 6.45) is 0.801. The highest BCUT2D eigenvalue weighted by molar-refractivity contribution is 6.02. The van der Waals surface area contributed by atoms with Gasteiger partial charge in [-0.2, -0.15) is 0 Å². The van der Waals surface area contributed by atoms with E-state index in [1.165, 1.54) is 14.2 Å². The second-order valence-electron chi connectivity index (χ2n) is 4.58. The molecule has 1 aromatic rings. The lowest BCUT2D eigenvalue weighted by molar-refractivity contribution is -0.119. The van der Waals surface area contributed by atoms with E-state index in [9.17, 15) is 9.59 Å². The van der Waals surface area contributed by atoms with Crippen LogP contribution < -0.4 is 15.4 Å². The van der Waals surface area contributed by atoms with Crippen molar-refractivity contribution < 1.29 is 19.1 Å². The molecule has 116 valence electrons. The van der Waals surface area contributed by atoms with Gasteiger partial charge < -0.3 is 20.1 Å². The van der Waals surface area contributed by atoms with E-state index >= 15 is 0 Å². The summed E-state index contributed by atoms with van der Waals surface area (Å²) in [5.41, 5.74) is 0.723. The third-order valence-corrected chi connectivity index (χ3v) is 3.32. The van der Waals surface area contributed by atoms with Gasteiger partial charge in [-0.1, -0.05) is 0 Å². The van der Waals surface area contributed by atoms with Crippen molar-refractivity contribution in [2.75, 3.05) is 32.6 Å². The number of esters is 1. The minimum absolute atomic E-state index is 0. The quantitative estimate of drug-likeness (QED) is 0.823. The zero-order valence-corrected chi connectivity index (χ0v) is 12.8. The lowest BCUT2D eigenvalue weighted by Crippen LogP contribution is -2.25. The molecule has 1 atom stereocenters. The molecule has 0 radical (unpaired) electrons. The van der Waals surface area contributed by atoms with Gasteiger partial charge in [-0.15, -0.1) is 12.4 Å². The Morgan fingerprint density at radius 2 is 2.10 bits per heavy atom. The number of carbonyl (C=O) groups is 2. The third-order valence-electron chi connectivity index (χ3n) is 3.32. The number of rotatable bonds is 4. The van der Waals surface area contributed by atoms with E-state index in [0.29, 0.717) is 18.0 Å². The Balaban J connectivity index is 0.00000220. The van der Waals surface area contributed by atoms with Crippen LogP contribution in [0, 0.1) is 5.92 Å². The van der Waals surface area contributed by atoms with Crippen LogP contribution in [-0.2, 0) is 9.53 Å². The summed E-state index contributed by atoms with van der Waals surface area (Å²) < 4.78 is 9.80. The summed E-state index contributed by atoms with van der Waals surface area (Å²) in [5, 5.41) is 5.92. The zero-order chi connectivity index (χ0) is 14.5. The van der Waals surface area contributed by atoms with Crippen molar-refractivity contribution in [1.82, 2.24) is 5.32 Å². The maximum atomic E-state index is 12.1. The summed E-state index contributed by atoms with van der Waals surface area (Å²) in [4.78, 5) is 23.9. The second-order valence-corrected chi connectivity index (χ2v) is 4.58.